The molecule has 2 rings (SSSR count). The molecule has 0 aliphatic heterocycles. The van der Waals surface area contributed by atoms with Gasteiger partial charge < -0.3 is 14.8 Å². The van der Waals surface area contributed by atoms with E-state index >= 15 is 0 Å². The van der Waals surface area contributed by atoms with Crippen molar-refractivity contribution in [2.45, 2.75) is 38.3 Å². The van der Waals surface area contributed by atoms with Crippen molar-refractivity contribution in [3.8, 4) is 0 Å². The summed E-state index contributed by atoms with van der Waals surface area (Å²) in [6.45, 7) is 3.26. The molecule has 1 aliphatic carbocycles. The van der Waals surface area contributed by atoms with Crippen LogP contribution in [0.25, 0.3) is 0 Å². The second kappa shape index (κ2) is 6.64. The van der Waals surface area contributed by atoms with E-state index in [1.807, 2.05) is 0 Å². The Balaban J connectivity index is 1.79. The van der Waals surface area contributed by atoms with Crippen molar-refractivity contribution in [2.75, 3.05) is 18.6 Å². The lowest BCUT2D eigenvalue weighted by Gasteiger charge is -2.15. The summed E-state index contributed by atoms with van der Waals surface area (Å²) in [6.07, 6.45) is 4.15. The van der Waals surface area contributed by atoms with E-state index < -0.39 is 0 Å². The van der Waals surface area contributed by atoms with Crippen LogP contribution in [0.15, 0.2) is 16.5 Å². The van der Waals surface area contributed by atoms with Crippen LogP contribution >= 0.6 is 11.8 Å². The van der Waals surface area contributed by atoms with Crippen molar-refractivity contribution in [1.29, 1.82) is 0 Å². The van der Waals surface area contributed by atoms with Gasteiger partial charge in [-0.15, -0.1) is 0 Å². The summed E-state index contributed by atoms with van der Waals surface area (Å²) >= 11 is 1.80. The smallest absolute Gasteiger partial charge is 0.117 e. The summed E-state index contributed by atoms with van der Waals surface area (Å²) in [5, 5.41) is 12.4. The molecule has 1 aromatic rings. The topological polar surface area (TPSA) is 45.4 Å². The molecule has 0 saturated heterocycles. The van der Waals surface area contributed by atoms with Gasteiger partial charge in [0.1, 0.15) is 11.5 Å². The minimum atomic E-state index is 0.237. The van der Waals surface area contributed by atoms with Crippen molar-refractivity contribution < 1.29 is 9.52 Å². The van der Waals surface area contributed by atoms with E-state index in [9.17, 15) is 0 Å². The van der Waals surface area contributed by atoms with Gasteiger partial charge >= 0.3 is 0 Å². The standard InChI is InChI=1S/C14H23NO2S/c1-10-7-13(10)14-4-3-12(17-14)8-15-11(5-6-16)9-18-2/h3-4,10-11,13,15-16H,5-9H2,1-2H3. The zero-order valence-corrected chi connectivity index (χ0v) is 12.0. The first-order chi connectivity index (χ1) is 8.74. The minimum Gasteiger partial charge on any atom is -0.464 e. The van der Waals surface area contributed by atoms with Gasteiger partial charge in [-0.1, -0.05) is 6.92 Å². The number of aliphatic hydroxyl groups is 1. The lowest BCUT2D eigenvalue weighted by molar-refractivity contribution is 0.268. The third kappa shape index (κ3) is 3.77. The second-order valence-corrected chi connectivity index (χ2v) is 6.08. The van der Waals surface area contributed by atoms with Crippen LogP contribution in [0.2, 0.25) is 0 Å². The molecule has 1 saturated carbocycles. The largest absolute Gasteiger partial charge is 0.464 e. The van der Waals surface area contributed by atoms with Gasteiger partial charge in [-0.2, -0.15) is 11.8 Å². The molecule has 4 heteroatoms. The van der Waals surface area contributed by atoms with Gasteiger partial charge in [0.05, 0.1) is 6.54 Å². The van der Waals surface area contributed by atoms with Crippen molar-refractivity contribution in [1.82, 2.24) is 5.32 Å². The first-order valence-corrected chi connectivity index (χ1v) is 8.05. The summed E-state index contributed by atoms with van der Waals surface area (Å²) in [5.41, 5.74) is 0. The van der Waals surface area contributed by atoms with Gasteiger partial charge in [-0.3, -0.25) is 0 Å². The molecule has 0 spiro atoms. The van der Waals surface area contributed by atoms with E-state index in [0.29, 0.717) is 12.0 Å². The summed E-state index contributed by atoms with van der Waals surface area (Å²) in [5.74, 6) is 4.61. The maximum absolute atomic E-state index is 9.00. The molecule has 3 unspecified atom stereocenters. The van der Waals surface area contributed by atoms with Crippen LogP contribution < -0.4 is 5.32 Å². The average Bonchev–Trinajstić information content (AvgIpc) is 2.91. The zero-order valence-electron chi connectivity index (χ0n) is 11.2. The molecule has 3 atom stereocenters. The lowest BCUT2D eigenvalue weighted by Crippen LogP contribution is -2.31. The molecule has 1 aliphatic rings. The van der Waals surface area contributed by atoms with Gasteiger partial charge in [-0.05, 0) is 37.1 Å². The Bertz CT molecular complexity index is 360. The maximum atomic E-state index is 9.00. The monoisotopic (exact) mass is 269 g/mol. The normalized spacial score (nSPS) is 24.2. The average molecular weight is 269 g/mol. The number of hydrogen-bond donors (Lipinski definition) is 2. The Morgan fingerprint density at radius 1 is 1.56 bits per heavy atom. The molecular formula is C14H23NO2S. The summed E-state index contributed by atoms with van der Waals surface area (Å²) in [7, 11) is 0. The number of aliphatic hydroxyl groups excluding tert-OH is 1. The highest BCUT2D eigenvalue weighted by Crippen LogP contribution is 2.47. The molecule has 1 heterocycles. The van der Waals surface area contributed by atoms with Crippen molar-refractivity contribution >= 4 is 11.8 Å². The molecular weight excluding hydrogens is 246 g/mol. The summed E-state index contributed by atoms with van der Waals surface area (Å²) < 4.78 is 5.85. The molecule has 1 fully saturated rings. The van der Waals surface area contributed by atoms with Gasteiger partial charge in [0.15, 0.2) is 0 Å². The molecule has 18 heavy (non-hydrogen) atoms. The fraction of sp³-hybridized carbons (Fsp3) is 0.714. The molecule has 2 N–H and O–H groups in total. The van der Waals surface area contributed by atoms with Crippen LogP contribution in [0.3, 0.4) is 0 Å². The Morgan fingerprint density at radius 3 is 2.94 bits per heavy atom. The van der Waals surface area contributed by atoms with Crippen molar-refractivity contribution in [3.63, 3.8) is 0 Å². The van der Waals surface area contributed by atoms with Crippen molar-refractivity contribution in [3.05, 3.63) is 23.7 Å². The minimum absolute atomic E-state index is 0.237. The Labute approximate surface area is 113 Å². The number of furan rings is 1. The van der Waals surface area contributed by atoms with E-state index in [4.69, 9.17) is 9.52 Å². The van der Waals surface area contributed by atoms with Gasteiger partial charge in [0.2, 0.25) is 0 Å². The fourth-order valence-corrected chi connectivity index (χ4v) is 2.94. The van der Waals surface area contributed by atoms with E-state index in [2.05, 4.69) is 30.6 Å². The highest BCUT2D eigenvalue weighted by atomic mass is 32.2. The van der Waals surface area contributed by atoms with Gasteiger partial charge in [0.25, 0.3) is 0 Å². The van der Waals surface area contributed by atoms with Crippen LogP contribution in [0, 0.1) is 5.92 Å². The summed E-state index contributed by atoms with van der Waals surface area (Å²) in [4.78, 5) is 0. The fourth-order valence-electron chi connectivity index (χ4n) is 2.25. The molecule has 0 bridgehead atoms. The highest BCUT2D eigenvalue weighted by molar-refractivity contribution is 7.98. The third-order valence-electron chi connectivity index (χ3n) is 3.57. The van der Waals surface area contributed by atoms with E-state index in [0.717, 1.165) is 36.2 Å². The van der Waals surface area contributed by atoms with Crippen LogP contribution in [0.5, 0.6) is 0 Å². The molecule has 0 amide bonds. The number of thioether (sulfide) groups is 1. The predicted octanol–water partition coefficient (Wildman–Crippen LogP) is 2.61. The number of nitrogens with one attached hydrogen (secondary N) is 1. The maximum Gasteiger partial charge on any atom is 0.117 e. The summed E-state index contributed by atoms with van der Waals surface area (Å²) in [6, 6.07) is 4.54. The highest BCUT2D eigenvalue weighted by Gasteiger charge is 2.36. The van der Waals surface area contributed by atoms with Crippen LogP contribution in [0.1, 0.15) is 37.2 Å². The Hall–Kier alpha value is -0.450. The molecule has 3 nitrogen and oxygen atoms in total. The van der Waals surface area contributed by atoms with Gasteiger partial charge in [0, 0.05) is 24.3 Å². The predicted molar refractivity (Wildman–Crippen MR) is 75.9 cm³/mol. The molecule has 1 aromatic heterocycles. The van der Waals surface area contributed by atoms with Crippen LogP contribution in [-0.2, 0) is 6.54 Å². The third-order valence-corrected chi connectivity index (χ3v) is 4.30. The van der Waals surface area contributed by atoms with E-state index in [1.54, 1.807) is 11.8 Å². The SMILES string of the molecule is CSCC(CCO)NCc1ccc(C2CC2C)o1. The molecule has 0 radical (unpaired) electrons. The zero-order chi connectivity index (χ0) is 13.0. The Morgan fingerprint density at radius 2 is 2.33 bits per heavy atom. The first kappa shape index (κ1) is 14.0. The van der Waals surface area contributed by atoms with E-state index in [-0.39, 0.29) is 6.61 Å². The molecule has 102 valence electrons. The Kier molecular flexibility index (Phi) is 5.15. The number of rotatable bonds is 8. The number of hydrogen-bond acceptors (Lipinski definition) is 4. The van der Waals surface area contributed by atoms with Gasteiger partial charge in [-0.25, -0.2) is 0 Å². The lowest BCUT2D eigenvalue weighted by atomic mass is 10.2. The van der Waals surface area contributed by atoms with E-state index in [1.165, 1.54) is 6.42 Å². The first-order valence-electron chi connectivity index (χ1n) is 6.66. The second-order valence-electron chi connectivity index (χ2n) is 5.17. The molecule has 0 aromatic carbocycles. The van der Waals surface area contributed by atoms with Crippen molar-refractivity contribution in [2.24, 2.45) is 5.92 Å². The quantitative estimate of drug-likeness (QED) is 0.761. The van der Waals surface area contributed by atoms with Crippen LogP contribution in [-0.4, -0.2) is 29.8 Å². The van der Waals surface area contributed by atoms with Crippen LogP contribution in [0.4, 0.5) is 0 Å².